The molecule has 19 heavy (non-hydrogen) atoms. The summed E-state index contributed by atoms with van der Waals surface area (Å²) in [7, 11) is 1.61. The maximum Gasteiger partial charge on any atom is 0.306 e. The molecule has 0 N–H and O–H groups in total. The number of methoxy groups -OCH3 is 1. The first-order valence-electron chi connectivity index (χ1n) is 6.10. The van der Waals surface area contributed by atoms with E-state index < -0.39 is 0 Å². The molecule has 0 aliphatic rings. The number of ketones is 1. The second-order valence-electron chi connectivity index (χ2n) is 3.81. The summed E-state index contributed by atoms with van der Waals surface area (Å²) in [6, 6.07) is 7.53. The van der Waals surface area contributed by atoms with Gasteiger partial charge in [0.15, 0.2) is 0 Å². The smallest absolute Gasteiger partial charge is 0.306 e. The van der Waals surface area contributed by atoms with Gasteiger partial charge < -0.3 is 9.47 Å². The summed E-state index contributed by atoms with van der Waals surface area (Å²) < 4.78 is 9.88. The van der Waals surface area contributed by atoms with Gasteiger partial charge >= 0.3 is 5.97 Å². The van der Waals surface area contributed by atoms with E-state index in [0.717, 1.165) is 10.6 Å². The van der Waals surface area contributed by atoms with Gasteiger partial charge in [-0.1, -0.05) is 6.07 Å². The van der Waals surface area contributed by atoms with Gasteiger partial charge in [-0.05, 0) is 25.1 Å². The van der Waals surface area contributed by atoms with E-state index in [-0.39, 0.29) is 24.6 Å². The Balaban J connectivity index is 2.31. The van der Waals surface area contributed by atoms with Crippen molar-refractivity contribution in [2.75, 3.05) is 19.5 Å². The lowest BCUT2D eigenvalue weighted by molar-refractivity contribution is -0.144. The average Bonchev–Trinajstić information content (AvgIpc) is 2.43. The van der Waals surface area contributed by atoms with E-state index in [1.54, 1.807) is 14.0 Å². The second kappa shape index (κ2) is 8.58. The fraction of sp³-hybridized carbons (Fsp3) is 0.429. The SMILES string of the molecule is CCOC(=O)CCC(=O)CSc1cccc(OC)c1. The number of Topliss-reactive ketones (excluding diaryl/α,β-unsaturated/α-hetero) is 1. The summed E-state index contributed by atoms with van der Waals surface area (Å²) >= 11 is 1.44. The topological polar surface area (TPSA) is 52.6 Å². The lowest BCUT2D eigenvalue weighted by atomic mass is 10.2. The van der Waals surface area contributed by atoms with Crippen molar-refractivity contribution in [1.82, 2.24) is 0 Å². The Morgan fingerprint density at radius 3 is 2.74 bits per heavy atom. The average molecular weight is 282 g/mol. The Morgan fingerprint density at radius 1 is 1.26 bits per heavy atom. The van der Waals surface area contributed by atoms with E-state index >= 15 is 0 Å². The van der Waals surface area contributed by atoms with Gasteiger partial charge in [0.05, 0.1) is 25.9 Å². The number of rotatable bonds is 8. The van der Waals surface area contributed by atoms with Gasteiger partial charge in [0.1, 0.15) is 11.5 Å². The van der Waals surface area contributed by atoms with Crippen LogP contribution >= 0.6 is 11.8 Å². The van der Waals surface area contributed by atoms with Gasteiger partial charge in [-0.3, -0.25) is 9.59 Å². The molecule has 0 saturated carbocycles. The van der Waals surface area contributed by atoms with Crippen molar-refractivity contribution >= 4 is 23.5 Å². The maximum atomic E-state index is 11.6. The number of carbonyl (C=O) groups is 2. The monoisotopic (exact) mass is 282 g/mol. The third kappa shape index (κ3) is 6.29. The first-order chi connectivity index (χ1) is 9.15. The molecule has 1 aromatic rings. The highest BCUT2D eigenvalue weighted by Gasteiger charge is 2.08. The lowest BCUT2D eigenvalue weighted by Crippen LogP contribution is -2.09. The van der Waals surface area contributed by atoms with E-state index in [9.17, 15) is 9.59 Å². The Kier molecular flexibility index (Phi) is 7.03. The number of esters is 1. The van der Waals surface area contributed by atoms with Crippen molar-refractivity contribution in [3.63, 3.8) is 0 Å². The normalized spacial score (nSPS) is 10.0. The zero-order valence-electron chi connectivity index (χ0n) is 11.2. The number of hydrogen-bond acceptors (Lipinski definition) is 5. The molecule has 0 saturated heterocycles. The van der Waals surface area contributed by atoms with Crippen LogP contribution in [0.5, 0.6) is 5.75 Å². The largest absolute Gasteiger partial charge is 0.497 e. The van der Waals surface area contributed by atoms with E-state index in [2.05, 4.69) is 0 Å². The molecule has 0 fully saturated rings. The molecule has 0 heterocycles. The van der Waals surface area contributed by atoms with Crippen LogP contribution in [-0.2, 0) is 14.3 Å². The molecule has 0 aliphatic heterocycles. The van der Waals surface area contributed by atoms with E-state index in [1.807, 2.05) is 24.3 Å². The van der Waals surface area contributed by atoms with E-state index in [1.165, 1.54) is 11.8 Å². The Morgan fingerprint density at radius 2 is 2.05 bits per heavy atom. The predicted octanol–water partition coefficient (Wildman–Crippen LogP) is 2.70. The molecule has 0 unspecified atom stereocenters. The highest BCUT2D eigenvalue weighted by Crippen LogP contribution is 2.23. The third-order valence-electron chi connectivity index (χ3n) is 2.35. The predicted molar refractivity (Wildman–Crippen MR) is 74.6 cm³/mol. The molecule has 104 valence electrons. The third-order valence-corrected chi connectivity index (χ3v) is 3.41. The quantitative estimate of drug-likeness (QED) is 0.542. The molecular formula is C14H18O4S. The van der Waals surface area contributed by atoms with Crippen LogP contribution in [0.25, 0.3) is 0 Å². The zero-order chi connectivity index (χ0) is 14.1. The summed E-state index contributed by atoms with van der Waals surface area (Å²) in [5.41, 5.74) is 0. The maximum absolute atomic E-state index is 11.6. The molecule has 0 aliphatic carbocycles. The van der Waals surface area contributed by atoms with Crippen LogP contribution in [0.1, 0.15) is 19.8 Å². The molecule has 0 aromatic heterocycles. The summed E-state index contributed by atoms with van der Waals surface area (Å²) in [4.78, 5) is 23.7. The number of ether oxygens (including phenoxy) is 2. The molecule has 0 amide bonds. The van der Waals surface area contributed by atoms with Gasteiger partial charge in [-0.15, -0.1) is 11.8 Å². The van der Waals surface area contributed by atoms with Crippen LogP contribution in [0.4, 0.5) is 0 Å². The number of benzene rings is 1. The molecule has 4 nitrogen and oxygen atoms in total. The Bertz CT molecular complexity index is 431. The summed E-state index contributed by atoms with van der Waals surface area (Å²) in [5, 5.41) is 0. The van der Waals surface area contributed by atoms with Crippen LogP contribution < -0.4 is 4.74 Å². The summed E-state index contributed by atoms with van der Waals surface area (Å²) in [6.07, 6.45) is 0.390. The van der Waals surface area contributed by atoms with Gasteiger partial charge in [0.2, 0.25) is 0 Å². The van der Waals surface area contributed by atoms with Crippen LogP contribution in [0.3, 0.4) is 0 Å². The van der Waals surface area contributed by atoms with Crippen molar-refractivity contribution in [3.05, 3.63) is 24.3 Å². The van der Waals surface area contributed by atoms with Crippen LogP contribution in [0.15, 0.2) is 29.2 Å². The van der Waals surface area contributed by atoms with Gasteiger partial charge in [0.25, 0.3) is 0 Å². The molecule has 1 rings (SSSR count). The van der Waals surface area contributed by atoms with Crippen LogP contribution in [-0.4, -0.2) is 31.2 Å². The Hall–Kier alpha value is -1.49. The number of thioether (sulfide) groups is 1. The summed E-state index contributed by atoms with van der Waals surface area (Å²) in [5.74, 6) is 0.846. The van der Waals surface area contributed by atoms with Gasteiger partial charge in [-0.25, -0.2) is 0 Å². The molecule has 0 spiro atoms. The number of hydrogen-bond donors (Lipinski definition) is 0. The lowest BCUT2D eigenvalue weighted by Gasteiger charge is -2.04. The molecule has 0 radical (unpaired) electrons. The molecule has 0 bridgehead atoms. The van der Waals surface area contributed by atoms with Crippen molar-refractivity contribution in [2.24, 2.45) is 0 Å². The fourth-order valence-electron chi connectivity index (χ4n) is 1.40. The first-order valence-corrected chi connectivity index (χ1v) is 7.08. The molecule has 0 atom stereocenters. The van der Waals surface area contributed by atoms with Crippen molar-refractivity contribution in [2.45, 2.75) is 24.7 Å². The minimum absolute atomic E-state index is 0.0425. The zero-order valence-corrected chi connectivity index (χ0v) is 12.0. The van der Waals surface area contributed by atoms with Crippen molar-refractivity contribution in [3.8, 4) is 5.75 Å². The van der Waals surface area contributed by atoms with E-state index in [0.29, 0.717) is 12.4 Å². The molecular weight excluding hydrogens is 264 g/mol. The first kappa shape index (κ1) is 15.6. The standard InChI is InChI=1S/C14H18O4S/c1-3-18-14(16)8-7-11(15)10-19-13-6-4-5-12(9-13)17-2/h4-6,9H,3,7-8,10H2,1-2H3. The Labute approximate surface area is 117 Å². The number of carbonyl (C=O) groups excluding carboxylic acids is 2. The van der Waals surface area contributed by atoms with Crippen LogP contribution in [0.2, 0.25) is 0 Å². The minimum Gasteiger partial charge on any atom is -0.497 e. The fourth-order valence-corrected chi connectivity index (χ4v) is 2.25. The highest BCUT2D eigenvalue weighted by molar-refractivity contribution is 8.00. The molecule has 5 heteroatoms. The van der Waals surface area contributed by atoms with Crippen molar-refractivity contribution < 1.29 is 19.1 Å². The summed E-state index contributed by atoms with van der Waals surface area (Å²) in [6.45, 7) is 2.10. The van der Waals surface area contributed by atoms with Crippen molar-refractivity contribution in [1.29, 1.82) is 0 Å². The minimum atomic E-state index is -0.317. The van der Waals surface area contributed by atoms with E-state index in [4.69, 9.17) is 9.47 Å². The van der Waals surface area contributed by atoms with Gasteiger partial charge in [0, 0.05) is 11.3 Å². The van der Waals surface area contributed by atoms with Crippen LogP contribution in [0, 0.1) is 0 Å². The highest BCUT2D eigenvalue weighted by atomic mass is 32.2. The molecule has 1 aromatic carbocycles. The second-order valence-corrected chi connectivity index (χ2v) is 4.86. The van der Waals surface area contributed by atoms with Gasteiger partial charge in [-0.2, -0.15) is 0 Å².